The number of H-pyrrole nitrogens is 1. The molecule has 1 aromatic heterocycles. The number of nitrogens with one attached hydrogen (secondary N) is 1. The van der Waals surface area contributed by atoms with Gasteiger partial charge in [-0.05, 0) is 18.1 Å². The van der Waals surface area contributed by atoms with E-state index in [4.69, 9.17) is 0 Å². The minimum atomic E-state index is -0.545. The largest absolute Gasteiger partial charge is 0.330 e. The van der Waals surface area contributed by atoms with Gasteiger partial charge in [-0.25, -0.2) is 4.98 Å². The molecule has 2 aliphatic heterocycles. The molecule has 0 aliphatic carbocycles. The molecule has 0 bridgehead atoms. The molecule has 0 radical (unpaired) electrons. The van der Waals surface area contributed by atoms with E-state index >= 15 is 0 Å². The van der Waals surface area contributed by atoms with Crippen molar-refractivity contribution in [1.29, 1.82) is 0 Å². The van der Waals surface area contributed by atoms with Crippen LogP contribution in [0.3, 0.4) is 0 Å². The molecular weight excluding hydrogens is 332 g/mol. The number of carbonyl (C=O) groups excluding carboxylic acids is 2. The highest BCUT2D eigenvalue weighted by Crippen LogP contribution is 2.27. The number of benzene rings is 1. The van der Waals surface area contributed by atoms with Crippen molar-refractivity contribution in [1.82, 2.24) is 19.8 Å². The SMILES string of the molecule is CC(=O)N1Cc2ccccc2CC1C(=O)N1Cc2nc(C)[nH]c(=O)c2C1. The molecule has 1 unspecified atom stereocenters. The molecule has 0 saturated carbocycles. The first-order valence-corrected chi connectivity index (χ1v) is 8.65. The Morgan fingerprint density at radius 2 is 1.88 bits per heavy atom. The molecule has 1 atom stereocenters. The van der Waals surface area contributed by atoms with Crippen molar-refractivity contribution in [3.8, 4) is 0 Å². The first-order valence-electron chi connectivity index (χ1n) is 8.65. The molecule has 3 heterocycles. The lowest BCUT2D eigenvalue weighted by atomic mass is 9.93. The molecule has 1 aromatic carbocycles. The van der Waals surface area contributed by atoms with Crippen LogP contribution >= 0.6 is 0 Å². The van der Waals surface area contributed by atoms with Gasteiger partial charge in [0.2, 0.25) is 11.8 Å². The molecule has 26 heavy (non-hydrogen) atoms. The Balaban J connectivity index is 1.62. The van der Waals surface area contributed by atoms with E-state index in [1.807, 2.05) is 24.3 Å². The van der Waals surface area contributed by atoms with Crippen LogP contribution in [0.15, 0.2) is 29.1 Å². The Labute approximate surface area is 150 Å². The van der Waals surface area contributed by atoms with E-state index in [1.54, 1.807) is 16.7 Å². The third-order valence-electron chi connectivity index (χ3n) is 5.16. The summed E-state index contributed by atoms with van der Waals surface area (Å²) in [5.41, 5.74) is 3.15. The zero-order valence-corrected chi connectivity index (χ0v) is 14.8. The summed E-state index contributed by atoms with van der Waals surface area (Å²) in [5.74, 6) is 0.283. The van der Waals surface area contributed by atoms with Crippen LogP contribution in [0.25, 0.3) is 0 Å². The van der Waals surface area contributed by atoms with Crippen molar-refractivity contribution in [2.24, 2.45) is 0 Å². The van der Waals surface area contributed by atoms with Crippen LogP contribution in [0.5, 0.6) is 0 Å². The predicted molar refractivity (Wildman–Crippen MR) is 94.0 cm³/mol. The summed E-state index contributed by atoms with van der Waals surface area (Å²) in [4.78, 5) is 47.7. The molecule has 1 N–H and O–H groups in total. The van der Waals surface area contributed by atoms with Crippen LogP contribution in [-0.2, 0) is 35.6 Å². The third kappa shape index (κ3) is 2.69. The summed E-state index contributed by atoms with van der Waals surface area (Å²) in [5, 5.41) is 0. The first kappa shape index (κ1) is 16.5. The van der Waals surface area contributed by atoms with E-state index in [0.29, 0.717) is 36.6 Å². The van der Waals surface area contributed by atoms with Crippen LogP contribution in [-0.4, -0.2) is 37.6 Å². The van der Waals surface area contributed by atoms with Gasteiger partial charge in [0.05, 0.1) is 24.3 Å². The number of rotatable bonds is 1. The van der Waals surface area contributed by atoms with Gasteiger partial charge >= 0.3 is 0 Å². The first-order chi connectivity index (χ1) is 12.4. The molecule has 2 aliphatic rings. The zero-order valence-electron chi connectivity index (χ0n) is 14.8. The van der Waals surface area contributed by atoms with Gasteiger partial charge in [0.25, 0.3) is 5.56 Å². The van der Waals surface area contributed by atoms with Crippen molar-refractivity contribution >= 4 is 11.8 Å². The fourth-order valence-corrected chi connectivity index (χ4v) is 3.83. The lowest BCUT2D eigenvalue weighted by molar-refractivity contribution is -0.146. The van der Waals surface area contributed by atoms with Crippen molar-refractivity contribution in [2.75, 3.05) is 0 Å². The molecular formula is C19H20N4O3. The second-order valence-corrected chi connectivity index (χ2v) is 6.91. The molecule has 7 nitrogen and oxygen atoms in total. The standard InChI is InChI=1S/C19H20N4O3/c1-11-20-16-10-22(9-15(16)18(25)21-11)19(26)17-7-13-5-3-4-6-14(13)8-23(17)12(2)24/h3-6,17H,7-10H2,1-2H3,(H,20,21,25). The maximum Gasteiger partial charge on any atom is 0.256 e. The number of aryl methyl sites for hydroxylation is 1. The number of hydrogen-bond donors (Lipinski definition) is 1. The van der Waals surface area contributed by atoms with E-state index in [9.17, 15) is 14.4 Å². The number of aromatic amines is 1. The minimum Gasteiger partial charge on any atom is -0.330 e. The van der Waals surface area contributed by atoms with Crippen molar-refractivity contribution in [3.63, 3.8) is 0 Å². The highest BCUT2D eigenvalue weighted by Gasteiger charge is 2.38. The molecule has 2 aromatic rings. The molecule has 4 rings (SSSR count). The molecule has 7 heteroatoms. The average Bonchev–Trinajstić information content (AvgIpc) is 3.04. The molecule has 0 spiro atoms. The second kappa shape index (κ2) is 6.09. The summed E-state index contributed by atoms with van der Waals surface area (Å²) in [6.45, 7) is 4.19. The van der Waals surface area contributed by atoms with Gasteiger partial charge < -0.3 is 14.8 Å². The third-order valence-corrected chi connectivity index (χ3v) is 5.16. The van der Waals surface area contributed by atoms with Gasteiger partial charge in [-0.2, -0.15) is 0 Å². The van der Waals surface area contributed by atoms with Gasteiger partial charge in [0.15, 0.2) is 0 Å². The average molecular weight is 352 g/mol. The fraction of sp³-hybridized carbons (Fsp3) is 0.368. The minimum absolute atomic E-state index is 0.124. The van der Waals surface area contributed by atoms with Crippen molar-refractivity contribution in [3.05, 3.63) is 62.8 Å². The number of nitrogens with zero attached hydrogens (tertiary/aromatic N) is 3. The Morgan fingerprint density at radius 3 is 2.62 bits per heavy atom. The van der Waals surface area contributed by atoms with Crippen LogP contribution < -0.4 is 5.56 Å². The maximum atomic E-state index is 13.2. The lowest BCUT2D eigenvalue weighted by Gasteiger charge is -2.37. The summed E-state index contributed by atoms with van der Waals surface area (Å²) in [6, 6.07) is 7.33. The number of carbonyl (C=O) groups is 2. The highest BCUT2D eigenvalue weighted by molar-refractivity contribution is 5.88. The van der Waals surface area contributed by atoms with Gasteiger partial charge in [-0.15, -0.1) is 0 Å². The second-order valence-electron chi connectivity index (χ2n) is 6.91. The van der Waals surface area contributed by atoms with Crippen LogP contribution in [0.1, 0.15) is 35.1 Å². The monoisotopic (exact) mass is 352 g/mol. The summed E-state index contributed by atoms with van der Waals surface area (Å²) in [7, 11) is 0. The van der Waals surface area contributed by atoms with Gasteiger partial charge in [0.1, 0.15) is 11.9 Å². The molecule has 2 amide bonds. The van der Waals surface area contributed by atoms with E-state index in [2.05, 4.69) is 9.97 Å². The predicted octanol–water partition coefficient (Wildman–Crippen LogP) is 0.894. The fourth-order valence-electron chi connectivity index (χ4n) is 3.83. The number of amides is 2. The Morgan fingerprint density at radius 1 is 1.15 bits per heavy atom. The summed E-state index contributed by atoms with van der Waals surface area (Å²) < 4.78 is 0. The van der Waals surface area contributed by atoms with Crippen molar-refractivity contribution in [2.45, 2.75) is 45.9 Å². The quantitative estimate of drug-likeness (QED) is 0.826. The van der Waals surface area contributed by atoms with Gasteiger partial charge in [0, 0.05) is 19.9 Å². The normalized spacial score (nSPS) is 18.5. The topological polar surface area (TPSA) is 86.4 Å². The number of fused-ring (bicyclic) bond motifs is 2. The van der Waals surface area contributed by atoms with Crippen molar-refractivity contribution < 1.29 is 9.59 Å². The van der Waals surface area contributed by atoms with E-state index in [-0.39, 0.29) is 23.9 Å². The zero-order chi connectivity index (χ0) is 18.4. The van der Waals surface area contributed by atoms with E-state index in [1.165, 1.54) is 6.92 Å². The Hall–Kier alpha value is -2.96. The number of hydrogen-bond acceptors (Lipinski definition) is 4. The van der Waals surface area contributed by atoms with E-state index < -0.39 is 6.04 Å². The maximum absolute atomic E-state index is 13.2. The number of aromatic nitrogens is 2. The van der Waals surface area contributed by atoms with E-state index in [0.717, 1.165) is 11.1 Å². The lowest BCUT2D eigenvalue weighted by Crippen LogP contribution is -2.52. The molecule has 0 fully saturated rings. The smallest absolute Gasteiger partial charge is 0.256 e. The van der Waals surface area contributed by atoms with Crippen LogP contribution in [0.2, 0.25) is 0 Å². The van der Waals surface area contributed by atoms with Gasteiger partial charge in [-0.3, -0.25) is 14.4 Å². The Bertz CT molecular complexity index is 965. The Kier molecular flexibility index (Phi) is 3.86. The molecule has 134 valence electrons. The molecule has 0 saturated heterocycles. The summed E-state index contributed by atoms with van der Waals surface area (Å²) in [6.07, 6.45) is 0.490. The van der Waals surface area contributed by atoms with Crippen LogP contribution in [0, 0.1) is 6.92 Å². The highest BCUT2D eigenvalue weighted by atomic mass is 16.2. The van der Waals surface area contributed by atoms with Crippen LogP contribution in [0.4, 0.5) is 0 Å². The summed E-state index contributed by atoms with van der Waals surface area (Å²) >= 11 is 0. The van der Waals surface area contributed by atoms with Gasteiger partial charge in [-0.1, -0.05) is 24.3 Å².